The largest absolute Gasteiger partial charge is 0.342 e. The molecule has 0 unspecified atom stereocenters. The van der Waals surface area contributed by atoms with Crippen LogP contribution in [-0.2, 0) is 19.6 Å². The van der Waals surface area contributed by atoms with Gasteiger partial charge in [0, 0.05) is 31.7 Å². The molecule has 1 aliphatic heterocycles. The van der Waals surface area contributed by atoms with E-state index in [0.717, 1.165) is 19.3 Å². The molecule has 0 spiro atoms. The van der Waals surface area contributed by atoms with Crippen LogP contribution >= 0.6 is 11.6 Å². The Hall–Kier alpha value is -1.68. The van der Waals surface area contributed by atoms with Gasteiger partial charge in [-0.05, 0) is 74.6 Å². The van der Waals surface area contributed by atoms with Crippen molar-refractivity contribution < 1.29 is 23.2 Å². The zero-order valence-corrected chi connectivity index (χ0v) is 21.7. The second kappa shape index (κ2) is 11.6. The van der Waals surface area contributed by atoms with Crippen molar-refractivity contribution in [3.05, 3.63) is 28.3 Å². The van der Waals surface area contributed by atoms with Crippen molar-refractivity contribution in [2.75, 3.05) is 26.7 Å². The van der Waals surface area contributed by atoms with Gasteiger partial charge in [0.25, 0.3) is 5.91 Å². The number of hydroxylamine groups is 1. The summed E-state index contributed by atoms with van der Waals surface area (Å²) in [5.74, 6) is -2.85. The lowest BCUT2D eigenvalue weighted by Crippen LogP contribution is -2.50. The number of piperidine rings is 1. The van der Waals surface area contributed by atoms with Crippen LogP contribution in [-0.4, -0.2) is 61.3 Å². The van der Waals surface area contributed by atoms with Crippen molar-refractivity contribution in [2.45, 2.75) is 58.3 Å². The highest BCUT2D eigenvalue weighted by Gasteiger charge is 2.40. The lowest BCUT2D eigenvalue weighted by Gasteiger charge is -2.35. The molecular formula is C23H36ClN3O5S. The zero-order valence-electron chi connectivity index (χ0n) is 20.1. The molecule has 0 saturated carbocycles. The summed E-state index contributed by atoms with van der Waals surface area (Å²) in [5, 5.41) is 9.87. The quantitative estimate of drug-likeness (QED) is 0.306. The fraction of sp³-hybridized carbons (Fsp3) is 0.652. The molecule has 2 rings (SSSR count). The Labute approximate surface area is 202 Å². The Morgan fingerprint density at radius 2 is 1.76 bits per heavy atom. The summed E-state index contributed by atoms with van der Waals surface area (Å²) in [4.78, 5) is 27.8. The maximum atomic E-state index is 13.4. The fourth-order valence-electron chi connectivity index (χ4n) is 4.46. The molecule has 2 amide bonds. The first-order chi connectivity index (χ1) is 15.4. The Kier molecular flexibility index (Phi) is 9.72. The van der Waals surface area contributed by atoms with Crippen molar-refractivity contribution in [1.29, 1.82) is 0 Å². The summed E-state index contributed by atoms with van der Waals surface area (Å²) < 4.78 is 28.0. The van der Waals surface area contributed by atoms with E-state index in [9.17, 15) is 23.2 Å². The number of hydrogen-bond donors (Lipinski definition) is 2. The highest BCUT2D eigenvalue weighted by atomic mass is 35.5. The predicted molar refractivity (Wildman–Crippen MR) is 128 cm³/mol. The van der Waals surface area contributed by atoms with E-state index in [0.29, 0.717) is 35.7 Å². The number of rotatable bonds is 9. The van der Waals surface area contributed by atoms with Crippen LogP contribution in [0, 0.1) is 31.6 Å². The summed E-state index contributed by atoms with van der Waals surface area (Å²) in [6.07, 6.45) is 3.18. The molecule has 0 bridgehead atoms. The number of halogens is 1. The number of benzene rings is 1. The SMILES string of the molecule is Cc1cc(S(=O)(=O)N(C)C[C@H](CC(C)C)[C@H](C(=O)NO)C(=O)N2CCCCC2)c(C)cc1Cl. The van der Waals surface area contributed by atoms with Gasteiger partial charge in [-0.2, -0.15) is 0 Å². The third-order valence-corrected chi connectivity index (χ3v) is 8.58. The maximum absolute atomic E-state index is 13.4. The van der Waals surface area contributed by atoms with Crippen LogP contribution in [0.3, 0.4) is 0 Å². The van der Waals surface area contributed by atoms with Crippen molar-refractivity contribution in [3.8, 4) is 0 Å². The number of amides is 2. The van der Waals surface area contributed by atoms with E-state index in [1.54, 1.807) is 30.3 Å². The second-order valence-electron chi connectivity index (χ2n) is 9.38. The number of carbonyl (C=O) groups excluding carboxylic acids is 2. The van der Waals surface area contributed by atoms with Crippen molar-refractivity contribution in [3.63, 3.8) is 0 Å². The minimum absolute atomic E-state index is 0.0424. The van der Waals surface area contributed by atoms with Crippen LogP contribution in [0.15, 0.2) is 17.0 Å². The van der Waals surface area contributed by atoms with Gasteiger partial charge in [-0.3, -0.25) is 14.8 Å². The first kappa shape index (κ1) is 27.6. The number of carbonyl (C=O) groups is 2. The molecule has 1 aromatic carbocycles. The highest BCUT2D eigenvalue weighted by Crippen LogP contribution is 2.30. The molecule has 0 radical (unpaired) electrons. The summed E-state index contributed by atoms with van der Waals surface area (Å²) in [5.41, 5.74) is 2.80. The summed E-state index contributed by atoms with van der Waals surface area (Å²) in [6, 6.07) is 3.16. The predicted octanol–water partition coefficient (Wildman–Crippen LogP) is 3.37. The minimum Gasteiger partial charge on any atom is -0.342 e. The third-order valence-electron chi connectivity index (χ3n) is 6.21. The normalized spacial score (nSPS) is 16.7. The molecule has 1 aromatic rings. The molecule has 2 atom stereocenters. The van der Waals surface area contributed by atoms with Crippen molar-refractivity contribution in [2.24, 2.45) is 17.8 Å². The topological polar surface area (TPSA) is 107 Å². The van der Waals surface area contributed by atoms with E-state index < -0.39 is 27.8 Å². The molecule has 0 aliphatic carbocycles. The molecule has 2 N–H and O–H groups in total. The molecule has 1 aliphatic rings. The van der Waals surface area contributed by atoms with Crippen LogP contribution in [0.2, 0.25) is 5.02 Å². The lowest BCUT2D eigenvalue weighted by atomic mass is 9.83. The van der Waals surface area contributed by atoms with Gasteiger partial charge in [-0.25, -0.2) is 18.2 Å². The van der Waals surface area contributed by atoms with Gasteiger partial charge in [-0.1, -0.05) is 25.4 Å². The molecular weight excluding hydrogens is 466 g/mol. The minimum atomic E-state index is -3.90. The van der Waals surface area contributed by atoms with Gasteiger partial charge in [0.2, 0.25) is 15.9 Å². The maximum Gasteiger partial charge on any atom is 0.256 e. The van der Waals surface area contributed by atoms with Crippen LogP contribution in [0.1, 0.15) is 50.7 Å². The second-order valence-corrected chi connectivity index (χ2v) is 11.8. The Balaban J connectivity index is 2.40. The van der Waals surface area contributed by atoms with Gasteiger partial charge in [0.15, 0.2) is 0 Å². The molecule has 1 saturated heterocycles. The van der Waals surface area contributed by atoms with Gasteiger partial charge in [0.1, 0.15) is 5.92 Å². The van der Waals surface area contributed by atoms with Gasteiger partial charge in [-0.15, -0.1) is 0 Å². The van der Waals surface area contributed by atoms with Gasteiger partial charge < -0.3 is 4.90 Å². The highest BCUT2D eigenvalue weighted by molar-refractivity contribution is 7.89. The first-order valence-electron chi connectivity index (χ1n) is 11.4. The van der Waals surface area contributed by atoms with E-state index >= 15 is 0 Å². The van der Waals surface area contributed by atoms with E-state index in [-0.39, 0.29) is 23.3 Å². The van der Waals surface area contributed by atoms with Gasteiger partial charge in [0.05, 0.1) is 4.90 Å². The fourth-order valence-corrected chi connectivity index (χ4v) is 6.19. The number of sulfonamides is 1. The van der Waals surface area contributed by atoms with Crippen LogP contribution in [0.4, 0.5) is 0 Å². The number of likely N-dealkylation sites (tertiary alicyclic amines) is 1. The standard InChI is InChI=1S/C23H36ClN3O5S/c1-15(2)11-18(21(22(28)25-30)23(29)27-9-7-6-8-10-27)14-26(5)33(31,32)20-13-16(3)19(24)12-17(20)4/h12-13,15,18,21,30H,6-11,14H2,1-5H3,(H,25,28)/t18-,21+/m0/s1. The Bertz CT molecular complexity index is 961. The van der Waals surface area contributed by atoms with Gasteiger partial charge >= 0.3 is 0 Å². The molecule has 33 heavy (non-hydrogen) atoms. The smallest absolute Gasteiger partial charge is 0.256 e. The lowest BCUT2D eigenvalue weighted by molar-refractivity contribution is -0.149. The molecule has 10 heteroatoms. The van der Waals surface area contributed by atoms with Crippen LogP contribution < -0.4 is 5.48 Å². The number of nitrogens with one attached hydrogen (secondary N) is 1. The Morgan fingerprint density at radius 1 is 1.15 bits per heavy atom. The average Bonchev–Trinajstić information content (AvgIpc) is 2.76. The summed E-state index contributed by atoms with van der Waals surface area (Å²) in [7, 11) is -2.45. The van der Waals surface area contributed by atoms with Crippen LogP contribution in [0.5, 0.6) is 0 Å². The van der Waals surface area contributed by atoms with Crippen molar-refractivity contribution in [1.82, 2.24) is 14.7 Å². The van der Waals surface area contributed by atoms with Crippen LogP contribution in [0.25, 0.3) is 0 Å². The molecule has 1 fully saturated rings. The third kappa shape index (κ3) is 6.68. The van der Waals surface area contributed by atoms with Crippen molar-refractivity contribution >= 4 is 33.4 Å². The average molecular weight is 502 g/mol. The molecule has 1 heterocycles. The number of hydrogen-bond acceptors (Lipinski definition) is 5. The van der Waals surface area contributed by atoms with E-state index in [1.165, 1.54) is 17.4 Å². The summed E-state index contributed by atoms with van der Waals surface area (Å²) in [6.45, 7) is 8.39. The first-order valence-corrected chi connectivity index (χ1v) is 13.2. The van der Waals surface area contributed by atoms with E-state index in [4.69, 9.17) is 11.6 Å². The monoisotopic (exact) mass is 501 g/mol. The molecule has 0 aromatic heterocycles. The number of nitrogens with zero attached hydrogens (tertiary/aromatic N) is 2. The van der Waals surface area contributed by atoms with E-state index in [2.05, 4.69) is 0 Å². The molecule has 8 nitrogen and oxygen atoms in total. The molecule has 186 valence electrons. The Morgan fingerprint density at radius 3 is 2.30 bits per heavy atom. The summed E-state index contributed by atoms with van der Waals surface area (Å²) >= 11 is 6.14. The number of aryl methyl sites for hydroxylation is 2. The zero-order chi connectivity index (χ0) is 24.9. The van der Waals surface area contributed by atoms with E-state index in [1.807, 2.05) is 13.8 Å².